The van der Waals surface area contributed by atoms with Crippen molar-refractivity contribution in [1.29, 1.82) is 5.41 Å². The van der Waals surface area contributed by atoms with E-state index in [2.05, 4.69) is 5.32 Å². The molecular formula is C11H16N4O3S. The zero-order valence-corrected chi connectivity index (χ0v) is 11.7. The Bertz CT molecular complexity index is 625. The molecule has 0 heterocycles. The number of hydrogen-bond acceptors (Lipinski definition) is 4. The average Bonchev–Trinajstić information content (AvgIpc) is 2.29. The lowest BCUT2D eigenvalue weighted by molar-refractivity contribution is 0.250. The van der Waals surface area contributed by atoms with Crippen molar-refractivity contribution in [3.8, 4) is 0 Å². The molecule has 0 aliphatic carbocycles. The van der Waals surface area contributed by atoms with Gasteiger partial charge in [0.05, 0.1) is 10.6 Å². The van der Waals surface area contributed by atoms with Gasteiger partial charge in [-0.15, -0.1) is 0 Å². The van der Waals surface area contributed by atoms with Crippen LogP contribution in [0.25, 0.3) is 0 Å². The van der Waals surface area contributed by atoms with Crippen molar-refractivity contribution in [1.82, 2.24) is 5.32 Å². The molecule has 4 N–H and O–H groups in total. The maximum Gasteiger partial charge on any atom is 0.328 e. The summed E-state index contributed by atoms with van der Waals surface area (Å²) in [6.07, 6.45) is 1.04. The third-order valence-electron chi connectivity index (χ3n) is 2.48. The second-order valence-electron chi connectivity index (χ2n) is 3.97. The van der Waals surface area contributed by atoms with Gasteiger partial charge in [-0.3, -0.25) is 5.41 Å². The Morgan fingerprint density at radius 1 is 1.42 bits per heavy atom. The van der Waals surface area contributed by atoms with Crippen molar-refractivity contribution in [2.45, 2.75) is 11.8 Å². The number of urea groups is 1. The summed E-state index contributed by atoms with van der Waals surface area (Å²) in [5.41, 5.74) is 6.00. The number of amides is 2. The molecule has 0 saturated heterocycles. The predicted molar refractivity (Wildman–Crippen MR) is 73.1 cm³/mol. The molecule has 0 fully saturated rings. The lowest BCUT2D eigenvalue weighted by Gasteiger charge is -2.24. The van der Waals surface area contributed by atoms with Gasteiger partial charge >= 0.3 is 6.03 Å². The minimum absolute atomic E-state index is 0.0497. The molecule has 1 rings (SSSR count). The first kappa shape index (κ1) is 15.0. The molecule has 0 aliphatic rings. The van der Waals surface area contributed by atoms with E-state index in [1.54, 1.807) is 19.1 Å². The highest BCUT2D eigenvalue weighted by atomic mass is 32.2. The third kappa shape index (κ3) is 3.02. The number of guanidine groups is 1. The van der Waals surface area contributed by atoms with Crippen LogP contribution in [0.15, 0.2) is 23.1 Å². The van der Waals surface area contributed by atoms with E-state index in [1.165, 1.54) is 13.1 Å². The fourth-order valence-corrected chi connectivity index (χ4v) is 2.59. The van der Waals surface area contributed by atoms with Crippen molar-refractivity contribution in [3.63, 3.8) is 0 Å². The summed E-state index contributed by atoms with van der Waals surface area (Å²) in [5, 5.41) is 9.79. The van der Waals surface area contributed by atoms with Crippen LogP contribution in [0.1, 0.15) is 5.56 Å². The number of benzene rings is 1. The molecule has 8 heteroatoms. The topological polar surface area (TPSA) is 116 Å². The van der Waals surface area contributed by atoms with Crippen molar-refractivity contribution < 1.29 is 13.2 Å². The minimum Gasteiger partial charge on any atom is -0.369 e. The van der Waals surface area contributed by atoms with Crippen molar-refractivity contribution in [3.05, 3.63) is 23.8 Å². The number of rotatable bonds is 2. The quantitative estimate of drug-likeness (QED) is 0.539. The first-order valence-corrected chi connectivity index (χ1v) is 7.24. The Kier molecular flexibility index (Phi) is 4.15. The van der Waals surface area contributed by atoms with Crippen LogP contribution in [0.4, 0.5) is 10.5 Å². The summed E-state index contributed by atoms with van der Waals surface area (Å²) >= 11 is 0. The standard InChI is InChI=1S/C11H16N4O3S/c1-7-5-4-6-8(19(3,17)18)9(7)15(10(12)13)11(16)14-2/h4-6H,1-3H3,(H3,12,13)(H,14,16). The number of nitrogens with one attached hydrogen (secondary N) is 2. The molecule has 0 atom stereocenters. The molecule has 0 saturated carbocycles. The lowest BCUT2D eigenvalue weighted by atomic mass is 10.2. The third-order valence-corrected chi connectivity index (χ3v) is 3.61. The summed E-state index contributed by atoms with van der Waals surface area (Å²) in [5.74, 6) is -0.557. The first-order chi connectivity index (χ1) is 8.70. The van der Waals surface area contributed by atoms with E-state index in [0.717, 1.165) is 11.2 Å². The zero-order chi connectivity index (χ0) is 14.8. The number of anilines is 1. The van der Waals surface area contributed by atoms with E-state index in [9.17, 15) is 13.2 Å². The van der Waals surface area contributed by atoms with Crippen LogP contribution in [-0.2, 0) is 9.84 Å². The Morgan fingerprint density at radius 3 is 2.42 bits per heavy atom. The van der Waals surface area contributed by atoms with Gasteiger partial charge in [-0.05, 0) is 18.6 Å². The van der Waals surface area contributed by atoms with Crippen LogP contribution in [-0.4, -0.2) is 33.7 Å². The zero-order valence-electron chi connectivity index (χ0n) is 10.9. The maximum atomic E-state index is 11.8. The van der Waals surface area contributed by atoms with E-state index in [0.29, 0.717) is 5.56 Å². The van der Waals surface area contributed by atoms with Gasteiger partial charge in [0, 0.05) is 13.3 Å². The van der Waals surface area contributed by atoms with Crippen LogP contribution < -0.4 is 16.0 Å². The Balaban J connectivity index is 3.64. The number of carbonyl (C=O) groups is 1. The smallest absolute Gasteiger partial charge is 0.328 e. The van der Waals surface area contributed by atoms with E-state index >= 15 is 0 Å². The van der Waals surface area contributed by atoms with E-state index in [1.807, 2.05) is 0 Å². The molecule has 0 spiro atoms. The van der Waals surface area contributed by atoms with Gasteiger partial charge < -0.3 is 11.1 Å². The van der Waals surface area contributed by atoms with Gasteiger partial charge in [0.15, 0.2) is 9.84 Å². The summed E-state index contributed by atoms with van der Waals surface area (Å²) in [7, 11) is -2.18. The number of sulfone groups is 1. The van der Waals surface area contributed by atoms with Gasteiger partial charge in [-0.1, -0.05) is 12.1 Å². The van der Waals surface area contributed by atoms with E-state index in [4.69, 9.17) is 11.1 Å². The van der Waals surface area contributed by atoms with Crippen LogP contribution in [0, 0.1) is 12.3 Å². The normalized spacial score (nSPS) is 10.9. The molecule has 0 radical (unpaired) electrons. The highest BCUT2D eigenvalue weighted by molar-refractivity contribution is 7.90. The monoisotopic (exact) mass is 284 g/mol. The molecule has 19 heavy (non-hydrogen) atoms. The van der Waals surface area contributed by atoms with E-state index < -0.39 is 21.8 Å². The maximum absolute atomic E-state index is 11.8. The fraction of sp³-hybridized carbons (Fsp3) is 0.273. The van der Waals surface area contributed by atoms with Gasteiger partial charge in [-0.25, -0.2) is 18.1 Å². The number of carbonyl (C=O) groups excluding carboxylic acids is 1. The van der Waals surface area contributed by atoms with Crippen molar-refractivity contribution >= 4 is 27.5 Å². The Morgan fingerprint density at radius 2 is 2.00 bits per heavy atom. The molecule has 1 aromatic rings. The lowest BCUT2D eigenvalue weighted by Crippen LogP contribution is -2.47. The van der Waals surface area contributed by atoms with Crippen LogP contribution >= 0.6 is 0 Å². The number of nitrogens with zero attached hydrogens (tertiary/aromatic N) is 1. The number of hydrogen-bond donors (Lipinski definition) is 3. The number of nitrogens with two attached hydrogens (primary N) is 1. The summed E-state index contributed by atoms with van der Waals surface area (Å²) in [6.45, 7) is 1.64. The fourth-order valence-electron chi connectivity index (χ4n) is 1.66. The highest BCUT2D eigenvalue weighted by Gasteiger charge is 2.26. The Hall–Kier alpha value is -2.09. The summed E-state index contributed by atoms with van der Waals surface area (Å²) in [6, 6.07) is 3.91. The van der Waals surface area contributed by atoms with Crippen LogP contribution in [0.2, 0.25) is 0 Å². The molecule has 2 amide bonds. The van der Waals surface area contributed by atoms with Gasteiger partial charge in [0.2, 0.25) is 5.96 Å². The second kappa shape index (κ2) is 5.27. The molecule has 0 bridgehead atoms. The second-order valence-corrected chi connectivity index (χ2v) is 5.95. The highest BCUT2D eigenvalue weighted by Crippen LogP contribution is 2.29. The molecule has 0 aliphatic heterocycles. The summed E-state index contributed by atoms with van der Waals surface area (Å²) in [4.78, 5) is 12.6. The number of aryl methyl sites for hydroxylation is 1. The average molecular weight is 284 g/mol. The molecule has 1 aromatic carbocycles. The molecule has 0 unspecified atom stereocenters. The molecule has 0 aromatic heterocycles. The molecule has 7 nitrogen and oxygen atoms in total. The van der Waals surface area contributed by atoms with Crippen LogP contribution in [0.3, 0.4) is 0 Å². The largest absolute Gasteiger partial charge is 0.369 e. The Labute approximate surface area is 111 Å². The van der Waals surface area contributed by atoms with Gasteiger partial charge in [0.1, 0.15) is 0 Å². The van der Waals surface area contributed by atoms with Gasteiger partial charge in [0.25, 0.3) is 0 Å². The molecular weight excluding hydrogens is 268 g/mol. The predicted octanol–water partition coefficient (Wildman–Crippen LogP) is 0.438. The van der Waals surface area contributed by atoms with Crippen molar-refractivity contribution in [2.75, 3.05) is 18.2 Å². The number of para-hydroxylation sites is 1. The van der Waals surface area contributed by atoms with E-state index in [-0.39, 0.29) is 10.6 Å². The SMILES string of the molecule is CNC(=O)N(C(=N)N)c1c(C)cccc1S(C)(=O)=O. The van der Waals surface area contributed by atoms with Crippen molar-refractivity contribution in [2.24, 2.45) is 5.73 Å². The first-order valence-electron chi connectivity index (χ1n) is 5.35. The molecule has 104 valence electrons. The minimum atomic E-state index is -3.55. The van der Waals surface area contributed by atoms with Crippen LogP contribution in [0.5, 0.6) is 0 Å². The van der Waals surface area contributed by atoms with Gasteiger partial charge in [-0.2, -0.15) is 0 Å². The summed E-state index contributed by atoms with van der Waals surface area (Å²) < 4.78 is 23.5.